The first kappa shape index (κ1) is 12.9. The van der Waals surface area contributed by atoms with Crippen molar-refractivity contribution < 1.29 is 9.90 Å². The first-order valence-electron chi connectivity index (χ1n) is 5.20. The normalized spacial score (nSPS) is 14.3. The van der Waals surface area contributed by atoms with E-state index in [4.69, 9.17) is 0 Å². The van der Waals surface area contributed by atoms with Crippen molar-refractivity contribution in [2.24, 2.45) is 0 Å². The number of thiophene rings is 1. The lowest BCUT2D eigenvalue weighted by atomic mass is 9.96. The number of carboxylic acid groups (broad SMARTS) is 1. The second-order valence-corrected chi connectivity index (χ2v) is 4.93. The highest BCUT2D eigenvalue weighted by Gasteiger charge is 2.31. The maximum absolute atomic E-state index is 11.2. The number of carbonyl (C=O) groups is 1. The zero-order valence-corrected chi connectivity index (χ0v) is 10.2. The summed E-state index contributed by atoms with van der Waals surface area (Å²) in [4.78, 5) is 12.3. The second-order valence-electron chi connectivity index (χ2n) is 3.90. The smallest absolute Gasteiger partial charge is 0.323 e. The highest BCUT2D eigenvalue weighted by Crippen LogP contribution is 2.16. The van der Waals surface area contributed by atoms with Gasteiger partial charge in [-0.1, -0.05) is 12.1 Å². The molecule has 1 aromatic heterocycles. The molecule has 3 nitrogen and oxygen atoms in total. The van der Waals surface area contributed by atoms with Gasteiger partial charge in [0.05, 0.1) is 0 Å². The van der Waals surface area contributed by atoms with Gasteiger partial charge < -0.3 is 5.11 Å². The zero-order chi connectivity index (χ0) is 12.0. The fraction of sp³-hybridized carbons (Fsp3) is 0.417. The predicted molar refractivity (Wildman–Crippen MR) is 66.6 cm³/mol. The highest BCUT2D eigenvalue weighted by molar-refractivity contribution is 7.09. The fourth-order valence-corrected chi connectivity index (χ4v) is 2.00. The van der Waals surface area contributed by atoms with Crippen LogP contribution in [0.15, 0.2) is 30.2 Å². The van der Waals surface area contributed by atoms with Crippen molar-refractivity contribution in [3.8, 4) is 0 Å². The van der Waals surface area contributed by atoms with Gasteiger partial charge in [0, 0.05) is 11.4 Å². The van der Waals surface area contributed by atoms with Crippen molar-refractivity contribution in [2.75, 3.05) is 0 Å². The molecule has 0 aliphatic carbocycles. The van der Waals surface area contributed by atoms with Crippen LogP contribution in [0.25, 0.3) is 0 Å². The van der Waals surface area contributed by atoms with Crippen LogP contribution in [0.1, 0.15) is 24.6 Å². The molecule has 1 rings (SSSR count). The van der Waals surface area contributed by atoms with Crippen molar-refractivity contribution in [1.29, 1.82) is 0 Å². The van der Waals surface area contributed by atoms with Gasteiger partial charge in [-0.3, -0.25) is 10.1 Å². The lowest BCUT2D eigenvalue weighted by Crippen LogP contribution is -2.48. The molecule has 0 fully saturated rings. The summed E-state index contributed by atoms with van der Waals surface area (Å²) >= 11 is 1.62. The molecule has 0 aliphatic rings. The molecule has 2 N–H and O–H groups in total. The third-order valence-corrected chi connectivity index (χ3v) is 3.43. The van der Waals surface area contributed by atoms with Gasteiger partial charge in [-0.25, -0.2) is 0 Å². The SMILES string of the molecule is C=CCCC(C)(NCc1cccs1)C(=O)O. The lowest BCUT2D eigenvalue weighted by molar-refractivity contribution is -0.144. The van der Waals surface area contributed by atoms with Gasteiger partial charge in [0.1, 0.15) is 5.54 Å². The van der Waals surface area contributed by atoms with Crippen LogP contribution in [0, 0.1) is 0 Å². The van der Waals surface area contributed by atoms with Gasteiger partial charge in [0.25, 0.3) is 0 Å². The summed E-state index contributed by atoms with van der Waals surface area (Å²) in [6, 6.07) is 3.96. The first-order valence-corrected chi connectivity index (χ1v) is 6.08. The molecule has 1 heterocycles. The molecular weight excluding hydrogens is 222 g/mol. The Morgan fingerprint density at radius 1 is 1.75 bits per heavy atom. The standard InChI is InChI=1S/C12H17NO2S/c1-3-4-7-12(2,11(14)15)13-9-10-6-5-8-16-10/h3,5-6,8,13H,1,4,7,9H2,2H3,(H,14,15). The van der Waals surface area contributed by atoms with E-state index in [1.54, 1.807) is 24.3 Å². The zero-order valence-electron chi connectivity index (χ0n) is 9.40. The molecule has 4 heteroatoms. The fourth-order valence-electron chi connectivity index (χ4n) is 1.36. The van der Waals surface area contributed by atoms with Gasteiger partial charge in [-0.2, -0.15) is 0 Å². The number of nitrogens with one attached hydrogen (secondary N) is 1. The van der Waals surface area contributed by atoms with Crippen LogP contribution < -0.4 is 5.32 Å². The van der Waals surface area contributed by atoms with E-state index in [2.05, 4.69) is 11.9 Å². The third kappa shape index (κ3) is 3.47. The molecule has 16 heavy (non-hydrogen) atoms. The van der Waals surface area contributed by atoms with Gasteiger partial charge in [-0.15, -0.1) is 17.9 Å². The van der Waals surface area contributed by atoms with Crippen molar-refractivity contribution in [1.82, 2.24) is 5.32 Å². The molecule has 0 saturated carbocycles. The predicted octanol–water partition coefficient (Wildman–Crippen LogP) is 2.65. The Labute approximate surface area is 99.8 Å². The minimum absolute atomic E-state index is 0.553. The first-order chi connectivity index (χ1) is 7.58. The van der Waals surface area contributed by atoms with Crippen molar-refractivity contribution >= 4 is 17.3 Å². The molecule has 88 valence electrons. The van der Waals surface area contributed by atoms with E-state index in [0.29, 0.717) is 19.4 Å². The molecule has 0 amide bonds. The number of rotatable bonds is 7. The quantitative estimate of drug-likeness (QED) is 0.719. The number of aliphatic carboxylic acids is 1. The Hall–Kier alpha value is -1.13. The van der Waals surface area contributed by atoms with E-state index in [1.807, 2.05) is 17.5 Å². The minimum atomic E-state index is -0.877. The average molecular weight is 239 g/mol. The topological polar surface area (TPSA) is 49.3 Å². The van der Waals surface area contributed by atoms with Gasteiger partial charge in [0.15, 0.2) is 0 Å². The Morgan fingerprint density at radius 3 is 3.00 bits per heavy atom. The van der Waals surface area contributed by atoms with E-state index in [1.165, 1.54) is 0 Å². The molecule has 0 radical (unpaired) electrons. The average Bonchev–Trinajstić information content (AvgIpc) is 2.76. The molecule has 0 saturated heterocycles. The molecule has 1 unspecified atom stereocenters. The summed E-state index contributed by atoms with van der Waals surface area (Å²) in [7, 11) is 0. The van der Waals surface area contributed by atoms with Crippen molar-refractivity contribution in [3.05, 3.63) is 35.0 Å². The molecule has 0 spiro atoms. The van der Waals surface area contributed by atoms with Crippen LogP contribution in [0.4, 0.5) is 0 Å². The van der Waals surface area contributed by atoms with Crippen LogP contribution in [0.5, 0.6) is 0 Å². The summed E-state index contributed by atoms with van der Waals surface area (Å²) in [5.74, 6) is -0.814. The number of allylic oxidation sites excluding steroid dienone is 1. The van der Waals surface area contributed by atoms with Gasteiger partial charge in [0.2, 0.25) is 0 Å². The Bertz CT molecular complexity index is 348. The largest absolute Gasteiger partial charge is 0.480 e. The van der Waals surface area contributed by atoms with Crippen LogP contribution in [0.2, 0.25) is 0 Å². The Balaban J connectivity index is 2.56. The number of hydrogen-bond donors (Lipinski definition) is 2. The molecule has 1 aromatic rings. The summed E-state index contributed by atoms with van der Waals surface area (Å²) in [6.45, 7) is 5.92. The third-order valence-electron chi connectivity index (χ3n) is 2.55. The van der Waals surface area contributed by atoms with E-state index >= 15 is 0 Å². The van der Waals surface area contributed by atoms with E-state index in [0.717, 1.165) is 4.88 Å². The molecule has 0 aliphatic heterocycles. The molecule has 1 atom stereocenters. The van der Waals surface area contributed by atoms with Crippen LogP contribution >= 0.6 is 11.3 Å². The van der Waals surface area contributed by atoms with Crippen LogP contribution in [0.3, 0.4) is 0 Å². The van der Waals surface area contributed by atoms with E-state index in [-0.39, 0.29) is 0 Å². The van der Waals surface area contributed by atoms with Crippen molar-refractivity contribution in [3.63, 3.8) is 0 Å². The number of carboxylic acids is 1. The maximum Gasteiger partial charge on any atom is 0.323 e. The van der Waals surface area contributed by atoms with Crippen LogP contribution in [-0.2, 0) is 11.3 Å². The summed E-state index contributed by atoms with van der Waals surface area (Å²) < 4.78 is 0. The molecule has 0 bridgehead atoms. The second kappa shape index (κ2) is 5.82. The summed E-state index contributed by atoms with van der Waals surface area (Å²) in [6.07, 6.45) is 2.99. The molecular formula is C12H17NO2S. The maximum atomic E-state index is 11.2. The highest BCUT2D eigenvalue weighted by atomic mass is 32.1. The Morgan fingerprint density at radius 2 is 2.50 bits per heavy atom. The van der Waals surface area contributed by atoms with E-state index in [9.17, 15) is 9.90 Å². The minimum Gasteiger partial charge on any atom is -0.480 e. The van der Waals surface area contributed by atoms with Gasteiger partial charge in [-0.05, 0) is 31.2 Å². The molecule has 0 aromatic carbocycles. The van der Waals surface area contributed by atoms with E-state index < -0.39 is 11.5 Å². The van der Waals surface area contributed by atoms with Crippen LogP contribution in [-0.4, -0.2) is 16.6 Å². The summed E-state index contributed by atoms with van der Waals surface area (Å²) in [5.41, 5.74) is -0.877. The number of hydrogen-bond acceptors (Lipinski definition) is 3. The Kier molecular flexibility index (Phi) is 4.71. The monoisotopic (exact) mass is 239 g/mol. The van der Waals surface area contributed by atoms with Crippen molar-refractivity contribution in [2.45, 2.75) is 31.8 Å². The lowest BCUT2D eigenvalue weighted by Gasteiger charge is -2.25. The van der Waals surface area contributed by atoms with Gasteiger partial charge >= 0.3 is 5.97 Å². The summed E-state index contributed by atoms with van der Waals surface area (Å²) in [5, 5.41) is 14.3.